The maximum absolute atomic E-state index is 10.5. The number of hydrogen-bond donors (Lipinski definition) is 1. The van der Waals surface area contributed by atoms with E-state index in [1.54, 1.807) is 6.33 Å². The highest BCUT2D eigenvalue weighted by Gasteiger charge is 2.75. The first-order valence-electron chi connectivity index (χ1n) is 11.5. The molecule has 3 fully saturated rings. The van der Waals surface area contributed by atoms with Crippen molar-refractivity contribution >= 4 is 16.7 Å². The third-order valence-electron chi connectivity index (χ3n) is 8.19. The minimum Gasteiger partial charge on any atom is -0.390 e. The SMILES string of the molecule is CC1CN(c2cc(-n3ncc4ccc([C@]5(C#N)CC56CC6)cc43)ncn2)CC1C(C)(C)O. The van der Waals surface area contributed by atoms with Gasteiger partial charge in [0.15, 0.2) is 5.82 Å². The van der Waals surface area contributed by atoms with Crippen LogP contribution in [-0.4, -0.2) is 43.5 Å². The average Bonchev–Trinajstić information content (AvgIpc) is 3.57. The van der Waals surface area contributed by atoms with Crippen molar-refractivity contribution in [2.75, 3.05) is 18.0 Å². The van der Waals surface area contributed by atoms with Crippen LogP contribution in [0, 0.1) is 28.6 Å². The molecule has 6 rings (SSSR count). The van der Waals surface area contributed by atoms with E-state index in [0.29, 0.717) is 11.7 Å². The third-order valence-corrected chi connectivity index (χ3v) is 8.19. The zero-order valence-corrected chi connectivity index (χ0v) is 18.8. The normalized spacial score (nSPS) is 28.3. The van der Waals surface area contributed by atoms with Crippen LogP contribution in [0.15, 0.2) is 36.8 Å². The molecule has 2 saturated carbocycles. The van der Waals surface area contributed by atoms with Crippen LogP contribution in [0.3, 0.4) is 0 Å². The van der Waals surface area contributed by atoms with Crippen molar-refractivity contribution in [3.63, 3.8) is 0 Å². The number of aliphatic hydroxyl groups is 1. The van der Waals surface area contributed by atoms with Gasteiger partial charge in [0, 0.05) is 30.5 Å². The summed E-state index contributed by atoms with van der Waals surface area (Å²) < 4.78 is 1.85. The zero-order valence-electron chi connectivity index (χ0n) is 18.8. The van der Waals surface area contributed by atoms with E-state index in [1.807, 2.05) is 30.8 Å². The Bertz CT molecular complexity index is 1260. The quantitative estimate of drug-likeness (QED) is 0.683. The Hall–Kier alpha value is -2.98. The molecule has 7 nitrogen and oxygen atoms in total. The van der Waals surface area contributed by atoms with Gasteiger partial charge in [0.25, 0.3) is 0 Å². The van der Waals surface area contributed by atoms with Crippen molar-refractivity contribution in [1.29, 1.82) is 5.26 Å². The van der Waals surface area contributed by atoms with E-state index < -0.39 is 5.60 Å². The predicted molar refractivity (Wildman–Crippen MR) is 121 cm³/mol. The molecule has 0 amide bonds. The van der Waals surface area contributed by atoms with Gasteiger partial charge in [-0.2, -0.15) is 10.4 Å². The van der Waals surface area contributed by atoms with Gasteiger partial charge >= 0.3 is 0 Å². The summed E-state index contributed by atoms with van der Waals surface area (Å²) in [6, 6.07) is 10.9. The Balaban J connectivity index is 1.36. The lowest BCUT2D eigenvalue weighted by molar-refractivity contribution is 0.0105. The minimum absolute atomic E-state index is 0.185. The van der Waals surface area contributed by atoms with E-state index in [-0.39, 0.29) is 16.7 Å². The van der Waals surface area contributed by atoms with E-state index in [9.17, 15) is 10.4 Å². The second-order valence-corrected chi connectivity index (χ2v) is 10.7. The highest BCUT2D eigenvalue weighted by molar-refractivity contribution is 5.82. The molecule has 1 saturated heterocycles. The van der Waals surface area contributed by atoms with Gasteiger partial charge in [-0.15, -0.1) is 0 Å². The van der Waals surface area contributed by atoms with Crippen LogP contribution < -0.4 is 4.90 Å². The molecule has 3 heterocycles. The first-order chi connectivity index (χ1) is 15.3. The summed E-state index contributed by atoms with van der Waals surface area (Å²) in [6.45, 7) is 7.56. The minimum atomic E-state index is -0.725. The number of nitriles is 1. The Labute approximate surface area is 187 Å². The van der Waals surface area contributed by atoms with Crippen LogP contribution in [0.4, 0.5) is 5.82 Å². The molecule has 0 bridgehead atoms. The highest BCUT2D eigenvalue weighted by Crippen LogP contribution is 2.78. The summed E-state index contributed by atoms with van der Waals surface area (Å²) in [5.74, 6) is 2.12. The van der Waals surface area contributed by atoms with Crippen LogP contribution in [0.5, 0.6) is 0 Å². The topological polar surface area (TPSA) is 90.9 Å². The molecule has 7 heteroatoms. The monoisotopic (exact) mass is 428 g/mol. The van der Waals surface area contributed by atoms with Gasteiger partial charge in [0.1, 0.15) is 12.1 Å². The Morgan fingerprint density at radius 2 is 1.94 bits per heavy atom. The predicted octanol–water partition coefficient (Wildman–Crippen LogP) is 3.60. The van der Waals surface area contributed by atoms with Crippen molar-refractivity contribution in [3.05, 3.63) is 42.4 Å². The maximum Gasteiger partial charge on any atom is 0.159 e. The number of benzene rings is 1. The van der Waals surface area contributed by atoms with E-state index in [4.69, 9.17) is 0 Å². The van der Waals surface area contributed by atoms with Crippen LogP contribution in [0.1, 0.15) is 45.6 Å². The van der Waals surface area contributed by atoms with E-state index in [2.05, 4.69) is 51.2 Å². The van der Waals surface area contributed by atoms with E-state index >= 15 is 0 Å². The van der Waals surface area contributed by atoms with Crippen molar-refractivity contribution in [2.24, 2.45) is 17.3 Å². The largest absolute Gasteiger partial charge is 0.390 e. The van der Waals surface area contributed by atoms with Crippen molar-refractivity contribution in [1.82, 2.24) is 19.7 Å². The fraction of sp³-hybridized carbons (Fsp3) is 0.520. The van der Waals surface area contributed by atoms with Gasteiger partial charge in [0.05, 0.1) is 28.8 Å². The molecular formula is C25H28N6O. The lowest BCUT2D eigenvalue weighted by Gasteiger charge is -2.28. The molecular weight excluding hydrogens is 400 g/mol. The molecule has 1 N–H and O–H groups in total. The molecule has 32 heavy (non-hydrogen) atoms. The summed E-state index contributed by atoms with van der Waals surface area (Å²) in [4.78, 5) is 11.2. The highest BCUT2D eigenvalue weighted by atomic mass is 16.3. The number of nitrogens with zero attached hydrogens (tertiary/aromatic N) is 6. The molecule has 1 aromatic carbocycles. The van der Waals surface area contributed by atoms with Gasteiger partial charge in [0.2, 0.25) is 0 Å². The summed E-state index contributed by atoms with van der Waals surface area (Å²) in [5.41, 5.74) is 1.24. The molecule has 3 aliphatic rings. The number of aromatic nitrogens is 4. The molecule has 2 aromatic heterocycles. The van der Waals surface area contributed by atoms with Crippen molar-refractivity contribution in [2.45, 2.75) is 51.0 Å². The molecule has 3 atom stereocenters. The molecule has 2 unspecified atom stereocenters. The number of fused-ring (bicyclic) bond motifs is 1. The second kappa shape index (κ2) is 6.29. The van der Waals surface area contributed by atoms with Crippen LogP contribution in [-0.2, 0) is 5.41 Å². The molecule has 1 spiro atoms. The second-order valence-electron chi connectivity index (χ2n) is 10.7. The van der Waals surface area contributed by atoms with Crippen LogP contribution >= 0.6 is 0 Å². The van der Waals surface area contributed by atoms with Gasteiger partial charge in [-0.05, 0) is 56.1 Å². The van der Waals surface area contributed by atoms with Gasteiger partial charge in [-0.3, -0.25) is 0 Å². The molecule has 164 valence electrons. The summed E-state index contributed by atoms with van der Waals surface area (Å²) in [7, 11) is 0. The third kappa shape index (κ3) is 2.72. The smallest absolute Gasteiger partial charge is 0.159 e. The van der Waals surface area contributed by atoms with Crippen LogP contribution in [0.25, 0.3) is 16.7 Å². The Morgan fingerprint density at radius 1 is 1.16 bits per heavy atom. The van der Waals surface area contributed by atoms with E-state index in [0.717, 1.165) is 54.6 Å². The lowest BCUT2D eigenvalue weighted by atomic mass is 9.84. The number of rotatable bonds is 4. The van der Waals surface area contributed by atoms with Gasteiger partial charge < -0.3 is 10.0 Å². The van der Waals surface area contributed by atoms with Crippen molar-refractivity contribution < 1.29 is 5.11 Å². The Kier molecular flexibility index (Phi) is 3.87. The van der Waals surface area contributed by atoms with Crippen molar-refractivity contribution in [3.8, 4) is 11.9 Å². The number of anilines is 1. The summed E-state index contributed by atoms with van der Waals surface area (Å²) >= 11 is 0. The first kappa shape index (κ1) is 19.7. The first-order valence-corrected chi connectivity index (χ1v) is 11.5. The molecule has 1 aliphatic heterocycles. The average molecular weight is 429 g/mol. The maximum atomic E-state index is 10.5. The lowest BCUT2D eigenvalue weighted by Crippen LogP contribution is -2.35. The standard InChI is InChI=1S/C25H28N6O/c1-16-11-30(12-19(16)23(2,3)32)21-9-22(28-15-27-21)31-20-8-18(5-4-17(20)10-29-31)25(14-26)13-24(25)6-7-24/h4-5,8-10,15-16,19,32H,6-7,11-13H2,1-3H3/t16?,19?,25-/m1/s1. The van der Waals surface area contributed by atoms with Gasteiger partial charge in [-0.25, -0.2) is 14.6 Å². The zero-order chi connectivity index (χ0) is 22.3. The van der Waals surface area contributed by atoms with Gasteiger partial charge in [-0.1, -0.05) is 19.1 Å². The summed E-state index contributed by atoms with van der Waals surface area (Å²) in [6.07, 6.45) is 6.73. The fourth-order valence-electron chi connectivity index (χ4n) is 6.01. The molecule has 3 aromatic rings. The molecule has 2 aliphatic carbocycles. The fourth-order valence-corrected chi connectivity index (χ4v) is 6.01. The van der Waals surface area contributed by atoms with Crippen LogP contribution in [0.2, 0.25) is 0 Å². The Morgan fingerprint density at radius 3 is 2.59 bits per heavy atom. The van der Waals surface area contributed by atoms with E-state index in [1.165, 1.54) is 0 Å². The summed E-state index contributed by atoms with van der Waals surface area (Å²) in [5, 5.41) is 26.1. The molecule has 0 radical (unpaired) electrons. The number of hydrogen-bond acceptors (Lipinski definition) is 6.